The molecular formula is C16H21NO2S. The third kappa shape index (κ3) is 4.17. The zero-order valence-corrected chi connectivity index (χ0v) is 12.6. The summed E-state index contributed by atoms with van der Waals surface area (Å²) in [5.41, 5.74) is 0.627. The van der Waals surface area contributed by atoms with Gasteiger partial charge in [0, 0.05) is 18.3 Å². The van der Waals surface area contributed by atoms with Crippen LogP contribution in [0.25, 0.3) is 0 Å². The fourth-order valence-electron chi connectivity index (χ4n) is 2.17. The van der Waals surface area contributed by atoms with Crippen molar-refractivity contribution in [2.24, 2.45) is 0 Å². The maximum Gasteiger partial charge on any atom is 0.148 e. The number of benzene rings is 1. The van der Waals surface area contributed by atoms with Gasteiger partial charge in [0.05, 0.1) is 5.60 Å². The highest BCUT2D eigenvalue weighted by Crippen LogP contribution is 2.28. The Morgan fingerprint density at radius 1 is 1.50 bits per heavy atom. The monoisotopic (exact) mass is 291 g/mol. The Kier molecular flexibility index (Phi) is 5.36. The summed E-state index contributed by atoms with van der Waals surface area (Å²) < 4.78 is 5.35. The zero-order chi connectivity index (χ0) is 14.4. The molecule has 1 aliphatic rings. The fraction of sp³-hybridized carbons (Fsp3) is 0.500. The highest BCUT2D eigenvalue weighted by molar-refractivity contribution is 7.99. The molecular weight excluding hydrogens is 270 g/mol. The number of rotatable bonds is 6. The van der Waals surface area contributed by atoms with E-state index in [4.69, 9.17) is 11.2 Å². The summed E-state index contributed by atoms with van der Waals surface area (Å²) >= 11 is 1.82. The molecule has 2 N–H and O–H groups in total. The van der Waals surface area contributed by atoms with Crippen molar-refractivity contribution in [1.29, 1.82) is 0 Å². The van der Waals surface area contributed by atoms with Crippen LogP contribution in [0.1, 0.15) is 24.9 Å². The highest BCUT2D eigenvalue weighted by atomic mass is 32.2. The lowest BCUT2D eigenvalue weighted by Crippen LogP contribution is -2.41. The lowest BCUT2D eigenvalue weighted by molar-refractivity contribution is 0.0651. The molecule has 3 nitrogen and oxygen atoms in total. The minimum absolute atomic E-state index is 0.200. The molecule has 1 heterocycles. The molecule has 0 spiro atoms. The van der Waals surface area contributed by atoms with Crippen molar-refractivity contribution in [1.82, 2.24) is 5.32 Å². The van der Waals surface area contributed by atoms with E-state index in [0.29, 0.717) is 6.54 Å². The first-order valence-corrected chi connectivity index (χ1v) is 7.98. The first kappa shape index (κ1) is 15.2. The van der Waals surface area contributed by atoms with Crippen LogP contribution in [-0.4, -0.2) is 35.4 Å². The van der Waals surface area contributed by atoms with Crippen molar-refractivity contribution < 1.29 is 9.84 Å². The van der Waals surface area contributed by atoms with Gasteiger partial charge < -0.3 is 15.2 Å². The molecule has 20 heavy (non-hydrogen) atoms. The van der Waals surface area contributed by atoms with Gasteiger partial charge in [-0.15, -0.1) is 6.42 Å². The van der Waals surface area contributed by atoms with Crippen molar-refractivity contribution in [3.05, 3.63) is 29.8 Å². The molecule has 2 unspecified atom stereocenters. The first-order chi connectivity index (χ1) is 9.63. The highest BCUT2D eigenvalue weighted by Gasteiger charge is 2.31. The molecule has 0 saturated carbocycles. The molecule has 4 heteroatoms. The standard InChI is InChI=1S/C16H21NO2S/c1-3-9-19-15-6-4-14(5-7-15)13(2)17-11-16(18)8-10-20-12-16/h1,4-7,13,17-18H,8-12H2,2H3. The molecule has 0 amide bonds. The van der Waals surface area contributed by atoms with Crippen LogP contribution in [0.3, 0.4) is 0 Å². The van der Waals surface area contributed by atoms with E-state index in [9.17, 15) is 5.11 Å². The Balaban J connectivity index is 1.85. The number of thioether (sulfide) groups is 1. The molecule has 1 aliphatic heterocycles. The van der Waals surface area contributed by atoms with E-state index < -0.39 is 5.60 Å². The van der Waals surface area contributed by atoms with Crippen LogP contribution in [0.4, 0.5) is 0 Å². The number of aliphatic hydroxyl groups is 1. The molecule has 1 aromatic rings. The van der Waals surface area contributed by atoms with Gasteiger partial charge >= 0.3 is 0 Å². The molecule has 0 radical (unpaired) electrons. The number of nitrogens with one attached hydrogen (secondary N) is 1. The normalized spacial score (nSPS) is 23.2. The predicted molar refractivity (Wildman–Crippen MR) is 84.1 cm³/mol. The van der Waals surface area contributed by atoms with E-state index in [1.54, 1.807) is 0 Å². The predicted octanol–water partition coefficient (Wildman–Crippen LogP) is 2.22. The van der Waals surface area contributed by atoms with Crippen LogP contribution in [0.2, 0.25) is 0 Å². The quantitative estimate of drug-likeness (QED) is 0.789. The van der Waals surface area contributed by atoms with Gasteiger partial charge in [0.15, 0.2) is 0 Å². The largest absolute Gasteiger partial charge is 0.481 e. The summed E-state index contributed by atoms with van der Waals surface area (Å²) in [7, 11) is 0. The van der Waals surface area contributed by atoms with Crippen LogP contribution in [-0.2, 0) is 0 Å². The van der Waals surface area contributed by atoms with Crippen molar-refractivity contribution >= 4 is 11.8 Å². The topological polar surface area (TPSA) is 41.5 Å². The maximum atomic E-state index is 10.3. The van der Waals surface area contributed by atoms with Gasteiger partial charge in [-0.2, -0.15) is 11.8 Å². The average Bonchev–Trinajstić information content (AvgIpc) is 2.90. The molecule has 0 bridgehead atoms. The Morgan fingerprint density at radius 2 is 2.25 bits per heavy atom. The molecule has 108 valence electrons. The summed E-state index contributed by atoms with van der Waals surface area (Å²) in [6, 6.07) is 8.09. The van der Waals surface area contributed by atoms with E-state index in [-0.39, 0.29) is 12.6 Å². The molecule has 1 saturated heterocycles. The molecule has 2 atom stereocenters. The lowest BCUT2D eigenvalue weighted by atomic mass is 10.0. The third-order valence-electron chi connectivity index (χ3n) is 3.52. The van der Waals surface area contributed by atoms with Crippen LogP contribution in [0.5, 0.6) is 5.75 Å². The van der Waals surface area contributed by atoms with Crippen LogP contribution < -0.4 is 10.1 Å². The van der Waals surface area contributed by atoms with E-state index in [2.05, 4.69) is 18.2 Å². The Morgan fingerprint density at radius 3 is 2.85 bits per heavy atom. The van der Waals surface area contributed by atoms with E-state index in [0.717, 1.165) is 23.7 Å². The van der Waals surface area contributed by atoms with Gasteiger partial charge in [-0.1, -0.05) is 18.1 Å². The van der Waals surface area contributed by atoms with Gasteiger partial charge in [-0.25, -0.2) is 0 Å². The van der Waals surface area contributed by atoms with Crippen molar-refractivity contribution in [2.45, 2.75) is 25.0 Å². The second-order valence-corrected chi connectivity index (χ2v) is 6.30. The van der Waals surface area contributed by atoms with Gasteiger partial charge in [0.1, 0.15) is 12.4 Å². The van der Waals surface area contributed by atoms with Crippen molar-refractivity contribution in [3.8, 4) is 18.1 Å². The second-order valence-electron chi connectivity index (χ2n) is 5.19. The van der Waals surface area contributed by atoms with E-state index >= 15 is 0 Å². The van der Waals surface area contributed by atoms with Gasteiger partial charge in [-0.05, 0) is 36.8 Å². The smallest absolute Gasteiger partial charge is 0.148 e. The molecule has 0 aliphatic carbocycles. The summed E-state index contributed by atoms with van der Waals surface area (Å²) in [6.07, 6.45) is 6.03. The summed E-state index contributed by atoms with van der Waals surface area (Å²) in [4.78, 5) is 0. The molecule has 2 rings (SSSR count). The third-order valence-corrected chi connectivity index (χ3v) is 4.76. The number of ether oxygens (including phenoxy) is 1. The van der Waals surface area contributed by atoms with Crippen LogP contribution in [0, 0.1) is 12.3 Å². The van der Waals surface area contributed by atoms with Gasteiger partial charge in [0.2, 0.25) is 0 Å². The van der Waals surface area contributed by atoms with Gasteiger partial charge in [0.25, 0.3) is 0 Å². The van der Waals surface area contributed by atoms with Crippen molar-refractivity contribution in [2.75, 3.05) is 24.7 Å². The van der Waals surface area contributed by atoms with E-state index in [1.807, 2.05) is 36.0 Å². The Labute approximate surface area is 125 Å². The maximum absolute atomic E-state index is 10.3. The van der Waals surface area contributed by atoms with E-state index in [1.165, 1.54) is 5.56 Å². The lowest BCUT2D eigenvalue weighted by Gasteiger charge is -2.24. The summed E-state index contributed by atoms with van der Waals surface area (Å²) in [5.74, 6) is 5.10. The molecule has 0 aromatic heterocycles. The second kappa shape index (κ2) is 7.03. The zero-order valence-electron chi connectivity index (χ0n) is 11.8. The number of terminal acetylenes is 1. The number of hydrogen-bond acceptors (Lipinski definition) is 4. The Hall–Kier alpha value is -1.15. The minimum atomic E-state index is -0.547. The average molecular weight is 291 g/mol. The minimum Gasteiger partial charge on any atom is -0.481 e. The Bertz CT molecular complexity index is 460. The summed E-state index contributed by atoms with van der Waals surface area (Å²) in [5, 5.41) is 13.7. The molecule has 1 aromatic carbocycles. The van der Waals surface area contributed by atoms with Gasteiger partial charge in [-0.3, -0.25) is 0 Å². The summed E-state index contributed by atoms with van der Waals surface area (Å²) in [6.45, 7) is 3.02. The fourth-order valence-corrected chi connectivity index (χ4v) is 3.47. The SMILES string of the molecule is C#CCOc1ccc(C(C)NCC2(O)CCSC2)cc1. The van der Waals surface area contributed by atoms with Crippen LogP contribution >= 0.6 is 11.8 Å². The first-order valence-electron chi connectivity index (χ1n) is 6.83. The van der Waals surface area contributed by atoms with Crippen molar-refractivity contribution in [3.63, 3.8) is 0 Å². The molecule has 1 fully saturated rings. The van der Waals surface area contributed by atoms with Crippen LogP contribution in [0.15, 0.2) is 24.3 Å². The number of hydrogen-bond donors (Lipinski definition) is 2.